The van der Waals surface area contributed by atoms with Crippen LogP contribution in [0, 0.1) is 6.92 Å². The van der Waals surface area contributed by atoms with E-state index in [1.54, 1.807) is 24.3 Å². The normalized spacial score (nSPS) is 13.0. The van der Waals surface area contributed by atoms with Crippen molar-refractivity contribution in [1.82, 2.24) is 10.2 Å². The highest BCUT2D eigenvalue weighted by atomic mass is 32.2. The summed E-state index contributed by atoms with van der Waals surface area (Å²) < 4.78 is 31.6. The molecule has 2 aromatic carbocycles. The number of nitrogens with zero attached hydrogens (tertiary/aromatic N) is 2. The van der Waals surface area contributed by atoms with Crippen molar-refractivity contribution in [2.75, 3.05) is 24.2 Å². The second-order valence-electron chi connectivity index (χ2n) is 8.72. The van der Waals surface area contributed by atoms with Crippen LogP contribution in [-0.2, 0) is 26.2 Å². The summed E-state index contributed by atoms with van der Waals surface area (Å²) in [4.78, 5) is 28.3. The molecule has 9 heteroatoms. The molecule has 0 unspecified atom stereocenters. The molecule has 2 aromatic rings. The van der Waals surface area contributed by atoms with Crippen LogP contribution in [0.2, 0.25) is 0 Å². The first-order chi connectivity index (χ1) is 16.5. The van der Waals surface area contributed by atoms with Gasteiger partial charge in [0.25, 0.3) is 0 Å². The van der Waals surface area contributed by atoms with Gasteiger partial charge in [-0.2, -0.15) is 0 Å². The van der Waals surface area contributed by atoms with Gasteiger partial charge in [-0.15, -0.1) is 0 Å². The lowest BCUT2D eigenvalue weighted by Crippen LogP contribution is -2.53. The van der Waals surface area contributed by atoms with Crippen molar-refractivity contribution in [3.05, 3.63) is 59.7 Å². The van der Waals surface area contributed by atoms with Gasteiger partial charge in [-0.3, -0.25) is 13.9 Å². The molecular formula is C26H37N3O5S. The summed E-state index contributed by atoms with van der Waals surface area (Å²) >= 11 is 0. The molecule has 0 fully saturated rings. The van der Waals surface area contributed by atoms with Gasteiger partial charge in [-0.05, 0) is 44.4 Å². The van der Waals surface area contributed by atoms with E-state index in [9.17, 15) is 18.0 Å². The quantitative estimate of drug-likeness (QED) is 0.478. The summed E-state index contributed by atoms with van der Waals surface area (Å²) in [5.74, 6) is -0.249. The number of benzene rings is 2. The van der Waals surface area contributed by atoms with Crippen LogP contribution >= 0.6 is 0 Å². The maximum Gasteiger partial charge on any atom is 0.244 e. The molecule has 0 spiro atoms. The van der Waals surface area contributed by atoms with Crippen molar-refractivity contribution in [1.29, 1.82) is 0 Å². The molecule has 0 aliphatic rings. The molecule has 35 heavy (non-hydrogen) atoms. The zero-order valence-electron chi connectivity index (χ0n) is 21.4. The first-order valence-electron chi connectivity index (χ1n) is 11.8. The van der Waals surface area contributed by atoms with Crippen LogP contribution in [0.25, 0.3) is 0 Å². The summed E-state index contributed by atoms with van der Waals surface area (Å²) in [5.41, 5.74) is 2.20. The Morgan fingerprint density at radius 1 is 1.06 bits per heavy atom. The molecule has 0 bridgehead atoms. The highest BCUT2D eigenvalue weighted by Crippen LogP contribution is 2.24. The van der Waals surface area contributed by atoms with Crippen LogP contribution in [0.3, 0.4) is 0 Å². The number of hydrogen-bond donors (Lipinski definition) is 1. The summed E-state index contributed by atoms with van der Waals surface area (Å²) in [6, 6.07) is 13.4. The topological polar surface area (TPSA) is 96.0 Å². The van der Waals surface area contributed by atoms with Crippen molar-refractivity contribution in [2.24, 2.45) is 0 Å². The molecule has 0 saturated heterocycles. The van der Waals surface area contributed by atoms with E-state index in [4.69, 9.17) is 4.74 Å². The molecule has 2 amide bonds. The van der Waals surface area contributed by atoms with E-state index >= 15 is 0 Å². The van der Waals surface area contributed by atoms with Gasteiger partial charge in [0.05, 0.1) is 19.1 Å². The minimum absolute atomic E-state index is 0.0447. The molecular weight excluding hydrogens is 466 g/mol. The van der Waals surface area contributed by atoms with Crippen LogP contribution < -0.4 is 14.4 Å². The summed E-state index contributed by atoms with van der Waals surface area (Å²) in [6.45, 7) is 7.42. The molecule has 192 valence electrons. The van der Waals surface area contributed by atoms with Gasteiger partial charge in [0.2, 0.25) is 21.8 Å². The molecule has 0 aliphatic heterocycles. The number of amides is 2. The molecule has 0 aliphatic carbocycles. The number of ether oxygens (including phenoxy) is 1. The van der Waals surface area contributed by atoms with Crippen LogP contribution in [0.5, 0.6) is 5.75 Å². The first kappa shape index (κ1) is 28.2. The van der Waals surface area contributed by atoms with Gasteiger partial charge < -0.3 is 15.0 Å². The molecule has 0 radical (unpaired) electrons. The molecule has 0 aromatic heterocycles. The van der Waals surface area contributed by atoms with E-state index in [0.29, 0.717) is 17.9 Å². The second-order valence-corrected chi connectivity index (χ2v) is 10.6. The van der Waals surface area contributed by atoms with E-state index in [1.165, 1.54) is 12.0 Å². The van der Waals surface area contributed by atoms with Crippen LogP contribution in [-0.4, -0.2) is 57.1 Å². The van der Waals surface area contributed by atoms with Crippen molar-refractivity contribution in [3.8, 4) is 5.75 Å². The average Bonchev–Trinajstić information content (AvgIpc) is 2.81. The standard InChI is InChI=1S/C26H37N3O5S/c1-7-20(4)27-26(31)24(8-2)28(17-21-12-9-11-19(3)15-21)25(30)18-29(35(6,32)33)22-13-10-14-23(16-22)34-5/h9-16,20,24H,7-8,17-18H2,1-6H3,(H,27,31)/t20-,24-/m1/s1. The maximum absolute atomic E-state index is 13.7. The Kier molecular flexibility index (Phi) is 10.1. The van der Waals surface area contributed by atoms with E-state index in [0.717, 1.165) is 28.1 Å². The monoisotopic (exact) mass is 503 g/mol. The minimum Gasteiger partial charge on any atom is -0.497 e. The largest absolute Gasteiger partial charge is 0.497 e. The number of anilines is 1. The third-order valence-corrected chi connectivity index (χ3v) is 6.98. The molecule has 1 N–H and O–H groups in total. The summed E-state index contributed by atoms with van der Waals surface area (Å²) in [5, 5.41) is 2.96. The number of sulfonamides is 1. The zero-order valence-corrected chi connectivity index (χ0v) is 22.3. The average molecular weight is 504 g/mol. The Morgan fingerprint density at radius 3 is 2.31 bits per heavy atom. The van der Waals surface area contributed by atoms with Crippen LogP contribution in [0.1, 0.15) is 44.7 Å². The van der Waals surface area contributed by atoms with Gasteiger partial charge in [0, 0.05) is 18.7 Å². The maximum atomic E-state index is 13.7. The fraction of sp³-hybridized carbons (Fsp3) is 0.462. The Bertz CT molecular complexity index is 1120. The van der Waals surface area contributed by atoms with Gasteiger partial charge in [-0.25, -0.2) is 8.42 Å². The van der Waals surface area contributed by atoms with Crippen molar-refractivity contribution in [3.63, 3.8) is 0 Å². The molecule has 0 heterocycles. The lowest BCUT2D eigenvalue weighted by Gasteiger charge is -2.33. The van der Waals surface area contributed by atoms with E-state index in [1.807, 2.05) is 52.0 Å². The van der Waals surface area contributed by atoms with E-state index in [-0.39, 0.29) is 18.5 Å². The predicted octanol–water partition coefficient (Wildman–Crippen LogP) is 3.49. The number of carbonyl (C=O) groups excluding carboxylic acids is 2. The minimum atomic E-state index is -3.80. The number of nitrogens with one attached hydrogen (secondary N) is 1. The third-order valence-electron chi connectivity index (χ3n) is 5.84. The predicted molar refractivity (Wildman–Crippen MR) is 139 cm³/mol. The summed E-state index contributed by atoms with van der Waals surface area (Å²) in [7, 11) is -2.31. The fourth-order valence-corrected chi connectivity index (χ4v) is 4.59. The highest BCUT2D eigenvalue weighted by molar-refractivity contribution is 7.92. The zero-order chi connectivity index (χ0) is 26.2. The molecule has 8 nitrogen and oxygen atoms in total. The number of aryl methyl sites for hydroxylation is 1. The number of carbonyl (C=O) groups is 2. The van der Waals surface area contributed by atoms with Crippen molar-refractivity contribution >= 4 is 27.5 Å². The van der Waals surface area contributed by atoms with Crippen LogP contribution in [0.4, 0.5) is 5.69 Å². The fourth-order valence-electron chi connectivity index (χ4n) is 3.75. The lowest BCUT2D eigenvalue weighted by molar-refractivity contribution is -0.140. The molecule has 0 saturated carbocycles. The van der Waals surface area contributed by atoms with Gasteiger partial charge in [-0.1, -0.05) is 49.7 Å². The third kappa shape index (κ3) is 7.99. The number of methoxy groups -OCH3 is 1. The van der Waals surface area contributed by atoms with Gasteiger partial charge in [0.15, 0.2) is 0 Å². The smallest absolute Gasteiger partial charge is 0.244 e. The van der Waals surface area contributed by atoms with E-state index < -0.39 is 28.5 Å². The number of rotatable bonds is 12. The van der Waals surface area contributed by atoms with Crippen molar-refractivity contribution in [2.45, 2.75) is 59.2 Å². The lowest BCUT2D eigenvalue weighted by atomic mass is 10.1. The second kappa shape index (κ2) is 12.6. The SMILES string of the molecule is CC[C@@H](C)NC(=O)[C@@H](CC)N(Cc1cccc(C)c1)C(=O)CN(c1cccc(OC)c1)S(C)(=O)=O. The van der Waals surface area contributed by atoms with E-state index in [2.05, 4.69) is 5.32 Å². The Hall–Kier alpha value is -3.07. The number of hydrogen-bond acceptors (Lipinski definition) is 5. The van der Waals surface area contributed by atoms with Crippen LogP contribution in [0.15, 0.2) is 48.5 Å². The van der Waals surface area contributed by atoms with Gasteiger partial charge >= 0.3 is 0 Å². The first-order valence-corrected chi connectivity index (χ1v) is 13.6. The highest BCUT2D eigenvalue weighted by Gasteiger charge is 2.32. The Balaban J connectivity index is 2.45. The Morgan fingerprint density at radius 2 is 1.74 bits per heavy atom. The van der Waals surface area contributed by atoms with Crippen molar-refractivity contribution < 1.29 is 22.7 Å². The summed E-state index contributed by atoms with van der Waals surface area (Å²) in [6.07, 6.45) is 2.20. The molecule has 2 rings (SSSR count). The van der Waals surface area contributed by atoms with Gasteiger partial charge in [0.1, 0.15) is 18.3 Å². The molecule has 2 atom stereocenters. The Labute approximate surface area is 209 Å².